The number of rotatable bonds is 5. The summed E-state index contributed by atoms with van der Waals surface area (Å²) >= 11 is 0. The molecule has 3 aromatic rings. The third kappa shape index (κ3) is 3.31. The third-order valence-electron chi connectivity index (χ3n) is 4.41. The SMILES string of the molecule is Cc1nc(-c2ccco2)ccc1C(=O)N(Cc1cccnc1)C1CC1. The highest BCUT2D eigenvalue weighted by Gasteiger charge is 2.33. The molecule has 0 spiro atoms. The van der Waals surface area contributed by atoms with Gasteiger partial charge in [-0.05, 0) is 55.7 Å². The van der Waals surface area contributed by atoms with Crippen LogP contribution in [0.2, 0.25) is 0 Å². The lowest BCUT2D eigenvalue weighted by Gasteiger charge is -2.23. The van der Waals surface area contributed by atoms with Crippen LogP contribution in [0.3, 0.4) is 0 Å². The van der Waals surface area contributed by atoms with E-state index in [-0.39, 0.29) is 5.91 Å². The van der Waals surface area contributed by atoms with Crippen molar-refractivity contribution in [1.82, 2.24) is 14.9 Å². The molecule has 126 valence electrons. The van der Waals surface area contributed by atoms with Crippen LogP contribution in [-0.2, 0) is 6.54 Å². The topological polar surface area (TPSA) is 59.2 Å². The van der Waals surface area contributed by atoms with Crippen molar-refractivity contribution in [2.24, 2.45) is 0 Å². The first-order chi connectivity index (χ1) is 12.2. The Morgan fingerprint density at radius 2 is 2.12 bits per heavy atom. The molecule has 0 aromatic carbocycles. The highest BCUT2D eigenvalue weighted by atomic mass is 16.3. The molecule has 1 saturated carbocycles. The summed E-state index contributed by atoms with van der Waals surface area (Å²) in [4.78, 5) is 23.7. The number of pyridine rings is 2. The van der Waals surface area contributed by atoms with Crippen LogP contribution >= 0.6 is 0 Å². The molecular formula is C20H19N3O2. The van der Waals surface area contributed by atoms with Crippen LogP contribution < -0.4 is 0 Å². The molecule has 0 bridgehead atoms. The number of carbonyl (C=O) groups is 1. The second-order valence-corrected chi connectivity index (χ2v) is 6.33. The lowest BCUT2D eigenvalue weighted by atomic mass is 10.1. The fraction of sp³-hybridized carbons (Fsp3) is 0.250. The maximum absolute atomic E-state index is 13.1. The van der Waals surface area contributed by atoms with Crippen LogP contribution in [0.4, 0.5) is 0 Å². The van der Waals surface area contributed by atoms with Crippen LogP contribution in [0.25, 0.3) is 11.5 Å². The Morgan fingerprint density at radius 3 is 2.76 bits per heavy atom. The number of aromatic nitrogens is 2. The van der Waals surface area contributed by atoms with E-state index >= 15 is 0 Å². The summed E-state index contributed by atoms with van der Waals surface area (Å²) in [5.41, 5.74) is 3.15. The zero-order chi connectivity index (χ0) is 17.2. The molecule has 0 N–H and O–H groups in total. The number of hydrogen-bond donors (Lipinski definition) is 0. The van der Waals surface area contributed by atoms with Crippen molar-refractivity contribution >= 4 is 5.91 Å². The zero-order valence-corrected chi connectivity index (χ0v) is 14.1. The van der Waals surface area contributed by atoms with Gasteiger partial charge in [0, 0.05) is 25.0 Å². The predicted molar refractivity (Wildman–Crippen MR) is 93.8 cm³/mol. The molecule has 5 heteroatoms. The summed E-state index contributed by atoms with van der Waals surface area (Å²) < 4.78 is 5.38. The van der Waals surface area contributed by atoms with E-state index in [1.54, 1.807) is 12.5 Å². The molecule has 3 aromatic heterocycles. The fourth-order valence-corrected chi connectivity index (χ4v) is 2.94. The summed E-state index contributed by atoms with van der Waals surface area (Å²) in [5, 5.41) is 0. The largest absolute Gasteiger partial charge is 0.463 e. The first kappa shape index (κ1) is 15.6. The third-order valence-corrected chi connectivity index (χ3v) is 4.41. The van der Waals surface area contributed by atoms with Gasteiger partial charge in [0.05, 0.1) is 17.5 Å². The Balaban J connectivity index is 1.60. The lowest BCUT2D eigenvalue weighted by Crippen LogP contribution is -2.33. The van der Waals surface area contributed by atoms with Gasteiger partial charge < -0.3 is 9.32 Å². The summed E-state index contributed by atoms with van der Waals surface area (Å²) in [6.07, 6.45) is 7.29. The maximum atomic E-state index is 13.1. The second kappa shape index (κ2) is 6.51. The number of nitrogens with zero attached hydrogens (tertiary/aromatic N) is 3. The van der Waals surface area contributed by atoms with Gasteiger partial charge in [0.2, 0.25) is 0 Å². The molecule has 1 aliphatic carbocycles. The molecule has 0 radical (unpaired) electrons. The van der Waals surface area contributed by atoms with Crippen LogP contribution in [-0.4, -0.2) is 26.8 Å². The van der Waals surface area contributed by atoms with Crippen molar-refractivity contribution in [3.05, 3.63) is 71.9 Å². The van der Waals surface area contributed by atoms with E-state index in [1.165, 1.54) is 0 Å². The average Bonchev–Trinajstić information content (AvgIpc) is 3.33. The number of carbonyl (C=O) groups excluding carboxylic acids is 1. The van der Waals surface area contributed by atoms with Crippen molar-refractivity contribution in [2.45, 2.75) is 32.4 Å². The van der Waals surface area contributed by atoms with Gasteiger partial charge in [-0.25, -0.2) is 4.98 Å². The van der Waals surface area contributed by atoms with Crippen molar-refractivity contribution in [3.63, 3.8) is 0 Å². The summed E-state index contributed by atoms with van der Waals surface area (Å²) in [6, 6.07) is 11.6. The highest BCUT2D eigenvalue weighted by Crippen LogP contribution is 2.30. The summed E-state index contributed by atoms with van der Waals surface area (Å²) in [7, 11) is 0. The Hall–Kier alpha value is -2.95. The van der Waals surface area contributed by atoms with Gasteiger partial charge in [-0.3, -0.25) is 9.78 Å². The Labute approximate surface area is 146 Å². The smallest absolute Gasteiger partial charge is 0.256 e. The minimum Gasteiger partial charge on any atom is -0.463 e. The molecule has 0 saturated heterocycles. The Bertz CT molecular complexity index is 871. The van der Waals surface area contributed by atoms with Crippen molar-refractivity contribution < 1.29 is 9.21 Å². The molecule has 3 heterocycles. The van der Waals surface area contributed by atoms with E-state index in [0.29, 0.717) is 23.9 Å². The van der Waals surface area contributed by atoms with E-state index in [2.05, 4.69) is 9.97 Å². The van der Waals surface area contributed by atoms with Gasteiger partial charge in [0.25, 0.3) is 5.91 Å². The van der Waals surface area contributed by atoms with Crippen LogP contribution in [0.5, 0.6) is 0 Å². The standard InChI is InChI=1S/C20H19N3O2/c1-14-17(8-9-18(22-14)19-5-3-11-25-19)20(24)23(16-6-7-16)13-15-4-2-10-21-12-15/h2-5,8-12,16H,6-7,13H2,1H3. The summed E-state index contributed by atoms with van der Waals surface area (Å²) in [6.45, 7) is 2.45. The summed E-state index contributed by atoms with van der Waals surface area (Å²) in [5.74, 6) is 0.735. The molecule has 25 heavy (non-hydrogen) atoms. The normalized spacial score (nSPS) is 13.6. The highest BCUT2D eigenvalue weighted by molar-refractivity contribution is 5.95. The molecule has 1 aliphatic rings. The zero-order valence-electron chi connectivity index (χ0n) is 14.1. The average molecular weight is 333 g/mol. The molecule has 4 rings (SSSR count). The molecule has 0 unspecified atom stereocenters. The van der Waals surface area contributed by atoms with Gasteiger partial charge >= 0.3 is 0 Å². The van der Waals surface area contributed by atoms with E-state index in [4.69, 9.17) is 4.42 Å². The number of aryl methyl sites for hydroxylation is 1. The molecule has 5 nitrogen and oxygen atoms in total. The van der Waals surface area contributed by atoms with Crippen LogP contribution in [0.1, 0.15) is 34.5 Å². The predicted octanol–water partition coefficient (Wildman–Crippen LogP) is 3.85. The molecule has 1 amide bonds. The lowest BCUT2D eigenvalue weighted by molar-refractivity contribution is 0.0728. The Kier molecular flexibility index (Phi) is 4.06. The minimum atomic E-state index is 0.0300. The monoisotopic (exact) mass is 333 g/mol. The molecule has 0 atom stereocenters. The first-order valence-electron chi connectivity index (χ1n) is 8.44. The van der Waals surface area contributed by atoms with Gasteiger partial charge in [-0.2, -0.15) is 0 Å². The van der Waals surface area contributed by atoms with E-state index in [0.717, 1.165) is 29.8 Å². The maximum Gasteiger partial charge on any atom is 0.256 e. The van der Waals surface area contributed by atoms with Gasteiger partial charge in [-0.1, -0.05) is 6.07 Å². The van der Waals surface area contributed by atoms with E-state index in [9.17, 15) is 4.79 Å². The van der Waals surface area contributed by atoms with Gasteiger partial charge in [0.15, 0.2) is 5.76 Å². The van der Waals surface area contributed by atoms with Gasteiger partial charge in [0.1, 0.15) is 5.69 Å². The molecule has 1 fully saturated rings. The molecular weight excluding hydrogens is 314 g/mol. The van der Waals surface area contributed by atoms with E-state index in [1.807, 2.05) is 54.4 Å². The first-order valence-corrected chi connectivity index (χ1v) is 8.44. The van der Waals surface area contributed by atoms with Gasteiger partial charge in [-0.15, -0.1) is 0 Å². The number of amides is 1. The molecule has 0 aliphatic heterocycles. The second-order valence-electron chi connectivity index (χ2n) is 6.33. The fourth-order valence-electron chi connectivity index (χ4n) is 2.94. The van der Waals surface area contributed by atoms with Crippen LogP contribution in [0, 0.1) is 6.92 Å². The van der Waals surface area contributed by atoms with Crippen molar-refractivity contribution in [1.29, 1.82) is 0 Å². The van der Waals surface area contributed by atoms with Crippen molar-refractivity contribution in [3.8, 4) is 11.5 Å². The minimum absolute atomic E-state index is 0.0300. The number of furan rings is 1. The quantitative estimate of drug-likeness (QED) is 0.711. The van der Waals surface area contributed by atoms with Crippen LogP contribution in [0.15, 0.2) is 59.5 Å². The van der Waals surface area contributed by atoms with Crippen molar-refractivity contribution in [2.75, 3.05) is 0 Å². The Morgan fingerprint density at radius 1 is 1.24 bits per heavy atom. The van der Waals surface area contributed by atoms with E-state index < -0.39 is 0 Å². The number of hydrogen-bond acceptors (Lipinski definition) is 4.